The fourth-order valence-electron chi connectivity index (χ4n) is 2.66. The third-order valence-electron chi connectivity index (χ3n) is 3.62. The van der Waals surface area contributed by atoms with Crippen LogP contribution >= 0.6 is 0 Å². The highest BCUT2D eigenvalue weighted by Crippen LogP contribution is 2.33. The van der Waals surface area contributed by atoms with E-state index in [9.17, 15) is 0 Å². The summed E-state index contributed by atoms with van der Waals surface area (Å²) in [5, 5.41) is 3.67. The lowest BCUT2D eigenvalue weighted by Gasteiger charge is -2.19. The van der Waals surface area contributed by atoms with Crippen molar-refractivity contribution in [3.8, 4) is 0 Å². The van der Waals surface area contributed by atoms with Crippen molar-refractivity contribution in [1.29, 1.82) is 0 Å². The van der Waals surface area contributed by atoms with Crippen LogP contribution in [0, 0.1) is 0 Å². The van der Waals surface area contributed by atoms with Crippen LogP contribution in [0.3, 0.4) is 0 Å². The molecule has 0 amide bonds. The smallest absolute Gasteiger partial charge is 0.0210 e. The van der Waals surface area contributed by atoms with Gasteiger partial charge in [0.15, 0.2) is 0 Å². The fraction of sp³-hybridized carbons (Fsp3) is 0.846. The van der Waals surface area contributed by atoms with Gasteiger partial charge in [-0.05, 0) is 46.1 Å². The summed E-state index contributed by atoms with van der Waals surface area (Å²) in [7, 11) is 0. The molecule has 2 fully saturated rings. The predicted octanol–water partition coefficient (Wildman–Crippen LogP) is 2.17. The van der Waals surface area contributed by atoms with Gasteiger partial charge < -0.3 is 5.32 Å². The molecule has 86 valence electrons. The number of nitrogens with zero attached hydrogens (tertiary/aromatic N) is 1. The molecule has 1 aliphatic heterocycles. The Morgan fingerprint density at radius 1 is 1.40 bits per heavy atom. The van der Waals surface area contributed by atoms with Gasteiger partial charge in [0.05, 0.1) is 0 Å². The van der Waals surface area contributed by atoms with Gasteiger partial charge in [0.25, 0.3) is 0 Å². The van der Waals surface area contributed by atoms with Crippen LogP contribution in [-0.2, 0) is 0 Å². The van der Waals surface area contributed by atoms with E-state index in [4.69, 9.17) is 0 Å². The Bertz CT molecular complexity index is 221. The molecule has 0 bridgehead atoms. The van der Waals surface area contributed by atoms with E-state index in [2.05, 4.69) is 36.2 Å². The molecule has 2 aliphatic rings. The summed E-state index contributed by atoms with van der Waals surface area (Å²) in [4.78, 5) is 2.70. The molecule has 1 aliphatic carbocycles. The Morgan fingerprint density at radius 3 is 2.87 bits per heavy atom. The van der Waals surface area contributed by atoms with Crippen molar-refractivity contribution in [1.82, 2.24) is 10.2 Å². The average molecular weight is 208 g/mol. The van der Waals surface area contributed by atoms with E-state index in [1.54, 1.807) is 0 Å². The molecular formula is C13H24N2. The second-order valence-corrected chi connectivity index (χ2v) is 5.02. The van der Waals surface area contributed by atoms with Gasteiger partial charge in [-0.1, -0.05) is 12.2 Å². The number of hydrogen-bond donors (Lipinski definition) is 1. The monoisotopic (exact) mass is 208 g/mol. The second kappa shape index (κ2) is 5.13. The maximum absolute atomic E-state index is 3.67. The molecule has 0 aromatic carbocycles. The van der Waals surface area contributed by atoms with Gasteiger partial charge >= 0.3 is 0 Å². The van der Waals surface area contributed by atoms with E-state index < -0.39 is 0 Å². The first kappa shape index (κ1) is 11.2. The molecule has 2 nitrogen and oxygen atoms in total. The van der Waals surface area contributed by atoms with Crippen LogP contribution in [0.15, 0.2) is 12.2 Å². The predicted molar refractivity (Wildman–Crippen MR) is 65.0 cm³/mol. The molecule has 2 unspecified atom stereocenters. The van der Waals surface area contributed by atoms with E-state index in [1.165, 1.54) is 32.2 Å². The Hall–Kier alpha value is -0.340. The molecule has 1 N–H and O–H groups in total. The minimum Gasteiger partial charge on any atom is -0.312 e. The lowest BCUT2D eigenvalue weighted by molar-refractivity contribution is 0.255. The summed E-state index contributed by atoms with van der Waals surface area (Å²) < 4.78 is 0. The lowest BCUT2D eigenvalue weighted by Crippen LogP contribution is -2.34. The lowest BCUT2D eigenvalue weighted by atomic mass is 10.2. The van der Waals surface area contributed by atoms with E-state index >= 15 is 0 Å². The molecule has 1 heterocycles. The average Bonchev–Trinajstić information content (AvgIpc) is 2.99. The summed E-state index contributed by atoms with van der Waals surface area (Å²) in [6.07, 6.45) is 9.77. The summed E-state index contributed by atoms with van der Waals surface area (Å²) >= 11 is 0. The van der Waals surface area contributed by atoms with Gasteiger partial charge in [0.2, 0.25) is 0 Å². The van der Waals surface area contributed by atoms with Crippen molar-refractivity contribution in [2.75, 3.05) is 13.1 Å². The molecule has 2 atom stereocenters. The molecule has 0 aromatic heterocycles. The topological polar surface area (TPSA) is 15.3 Å². The van der Waals surface area contributed by atoms with E-state index in [-0.39, 0.29) is 0 Å². The minimum atomic E-state index is 0.742. The zero-order valence-corrected chi connectivity index (χ0v) is 10.1. The van der Waals surface area contributed by atoms with Crippen LogP contribution in [0.2, 0.25) is 0 Å². The molecule has 15 heavy (non-hydrogen) atoms. The van der Waals surface area contributed by atoms with Gasteiger partial charge in [-0.2, -0.15) is 0 Å². The van der Waals surface area contributed by atoms with Crippen LogP contribution in [0.25, 0.3) is 0 Å². The first-order valence-electron chi connectivity index (χ1n) is 6.41. The quantitative estimate of drug-likeness (QED) is 0.550. The summed E-state index contributed by atoms with van der Waals surface area (Å²) in [5.74, 6) is 0. The maximum atomic E-state index is 3.67. The van der Waals surface area contributed by atoms with Gasteiger partial charge in [-0.15, -0.1) is 0 Å². The van der Waals surface area contributed by atoms with E-state index in [0.29, 0.717) is 0 Å². The third kappa shape index (κ3) is 3.05. The van der Waals surface area contributed by atoms with Crippen molar-refractivity contribution in [3.63, 3.8) is 0 Å². The molecular weight excluding hydrogens is 184 g/mol. The third-order valence-corrected chi connectivity index (χ3v) is 3.62. The summed E-state index contributed by atoms with van der Waals surface area (Å²) in [6, 6.07) is 2.48. The van der Waals surface area contributed by atoms with Gasteiger partial charge in [-0.25, -0.2) is 0 Å². The highest BCUT2D eigenvalue weighted by Gasteiger charge is 2.38. The fourth-order valence-corrected chi connectivity index (χ4v) is 2.66. The first-order valence-corrected chi connectivity index (χ1v) is 6.41. The maximum Gasteiger partial charge on any atom is 0.0210 e. The normalized spacial score (nSPS) is 32.9. The zero-order valence-electron chi connectivity index (χ0n) is 10.1. The second-order valence-electron chi connectivity index (χ2n) is 5.02. The minimum absolute atomic E-state index is 0.742. The van der Waals surface area contributed by atoms with Crippen molar-refractivity contribution in [2.24, 2.45) is 0 Å². The van der Waals surface area contributed by atoms with Crippen molar-refractivity contribution < 1.29 is 0 Å². The molecule has 0 aromatic rings. The summed E-state index contributed by atoms with van der Waals surface area (Å²) in [5.41, 5.74) is 0. The Labute approximate surface area is 93.7 Å². The van der Waals surface area contributed by atoms with Crippen LogP contribution in [0.1, 0.15) is 39.5 Å². The molecule has 1 saturated heterocycles. The van der Waals surface area contributed by atoms with Crippen LogP contribution in [0.5, 0.6) is 0 Å². The van der Waals surface area contributed by atoms with Crippen molar-refractivity contribution in [3.05, 3.63) is 12.2 Å². The number of allylic oxidation sites excluding steroid dienone is 1. The molecule has 0 radical (unpaired) electrons. The van der Waals surface area contributed by atoms with Gasteiger partial charge in [-0.3, -0.25) is 4.90 Å². The highest BCUT2D eigenvalue weighted by molar-refractivity contribution is 4.96. The first-order chi connectivity index (χ1) is 7.31. The number of rotatable bonds is 5. The number of hydrogen-bond acceptors (Lipinski definition) is 2. The van der Waals surface area contributed by atoms with E-state index in [1.807, 2.05) is 0 Å². The molecule has 2 heteroatoms. The van der Waals surface area contributed by atoms with E-state index in [0.717, 1.165) is 24.7 Å². The van der Waals surface area contributed by atoms with Crippen molar-refractivity contribution in [2.45, 2.75) is 57.7 Å². The highest BCUT2D eigenvalue weighted by atomic mass is 15.3. The number of likely N-dealkylation sites (tertiary alicyclic amines) is 1. The Kier molecular flexibility index (Phi) is 3.81. The Morgan fingerprint density at radius 2 is 2.20 bits per heavy atom. The van der Waals surface area contributed by atoms with Crippen molar-refractivity contribution >= 4 is 0 Å². The van der Waals surface area contributed by atoms with Crippen LogP contribution < -0.4 is 5.32 Å². The zero-order chi connectivity index (χ0) is 10.7. The van der Waals surface area contributed by atoms with Gasteiger partial charge in [0, 0.05) is 24.7 Å². The largest absolute Gasteiger partial charge is 0.312 e. The summed E-state index contributed by atoms with van der Waals surface area (Å²) in [6.45, 7) is 6.89. The molecule has 1 saturated carbocycles. The van der Waals surface area contributed by atoms with Crippen LogP contribution in [0.4, 0.5) is 0 Å². The standard InChI is InChI=1S/C13H24N2/c1-3-4-5-8-14-12-9-11(2)15(10-12)13-6-7-13/h3-4,11-14H,5-10H2,1-2H3/b4-3+. The van der Waals surface area contributed by atoms with Crippen LogP contribution in [-0.4, -0.2) is 36.1 Å². The Balaban J connectivity index is 1.67. The molecule has 0 spiro atoms. The number of nitrogens with one attached hydrogen (secondary N) is 1. The SMILES string of the molecule is C/C=C/CCNC1CC(C)N(C2CC2)C1. The molecule has 2 rings (SSSR count). The van der Waals surface area contributed by atoms with Gasteiger partial charge in [0.1, 0.15) is 0 Å².